The molecular formula is C15H31N3O2. The molecule has 0 aromatic heterocycles. The number of nitrogens with zero attached hydrogens (tertiary/aromatic N) is 2. The summed E-state index contributed by atoms with van der Waals surface area (Å²) in [6.07, 6.45) is 3.12. The molecule has 2 N–H and O–H groups in total. The van der Waals surface area contributed by atoms with Crippen molar-refractivity contribution >= 4 is 5.97 Å². The van der Waals surface area contributed by atoms with Crippen molar-refractivity contribution in [3.05, 3.63) is 0 Å². The fourth-order valence-electron chi connectivity index (χ4n) is 2.89. The van der Waals surface area contributed by atoms with Crippen LogP contribution >= 0.6 is 0 Å². The van der Waals surface area contributed by atoms with Gasteiger partial charge in [-0.2, -0.15) is 0 Å². The fourth-order valence-corrected chi connectivity index (χ4v) is 2.89. The summed E-state index contributed by atoms with van der Waals surface area (Å²) in [7, 11) is 2.15. The molecule has 1 aliphatic heterocycles. The van der Waals surface area contributed by atoms with Gasteiger partial charge in [-0.3, -0.25) is 9.69 Å². The van der Waals surface area contributed by atoms with Gasteiger partial charge in [0.15, 0.2) is 0 Å². The molecule has 0 aromatic rings. The first kappa shape index (κ1) is 17.4. The highest BCUT2D eigenvalue weighted by Crippen LogP contribution is 2.16. The number of carboxylic acids is 1. The second-order valence-corrected chi connectivity index (χ2v) is 6.21. The van der Waals surface area contributed by atoms with Gasteiger partial charge in [-0.25, -0.2) is 0 Å². The van der Waals surface area contributed by atoms with Crippen LogP contribution in [0.2, 0.25) is 0 Å². The first-order chi connectivity index (χ1) is 9.42. The van der Waals surface area contributed by atoms with E-state index in [9.17, 15) is 9.90 Å². The summed E-state index contributed by atoms with van der Waals surface area (Å²) in [5.41, 5.74) is -0.855. The van der Waals surface area contributed by atoms with Crippen LogP contribution in [-0.2, 0) is 4.79 Å². The van der Waals surface area contributed by atoms with Gasteiger partial charge in [-0.05, 0) is 52.9 Å². The smallest absolute Gasteiger partial charge is 0.324 e. The first-order valence-corrected chi connectivity index (χ1v) is 7.84. The number of likely N-dealkylation sites (N-methyl/N-ethyl adjacent to an activating group) is 1. The van der Waals surface area contributed by atoms with Crippen LogP contribution < -0.4 is 5.32 Å². The minimum Gasteiger partial charge on any atom is -0.480 e. The SMILES string of the molecule is CCCNC(C)(CN1CCCN(C)CC1CC)C(=O)O. The van der Waals surface area contributed by atoms with Crippen molar-refractivity contribution in [3.8, 4) is 0 Å². The third kappa shape index (κ3) is 4.72. The van der Waals surface area contributed by atoms with E-state index in [4.69, 9.17) is 0 Å². The second-order valence-electron chi connectivity index (χ2n) is 6.21. The van der Waals surface area contributed by atoms with Crippen molar-refractivity contribution < 1.29 is 9.90 Å². The summed E-state index contributed by atoms with van der Waals surface area (Å²) in [6.45, 7) is 10.5. The Balaban J connectivity index is 2.76. The number of rotatable bonds is 7. The van der Waals surface area contributed by atoms with Crippen molar-refractivity contribution in [1.29, 1.82) is 0 Å². The van der Waals surface area contributed by atoms with Crippen LogP contribution in [0.3, 0.4) is 0 Å². The van der Waals surface area contributed by atoms with E-state index < -0.39 is 11.5 Å². The van der Waals surface area contributed by atoms with E-state index >= 15 is 0 Å². The Morgan fingerprint density at radius 2 is 2.10 bits per heavy atom. The Morgan fingerprint density at radius 3 is 2.65 bits per heavy atom. The largest absolute Gasteiger partial charge is 0.480 e. The topological polar surface area (TPSA) is 55.8 Å². The predicted octanol–water partition coefficient (Wildman–Crippen LogP) is 1.25. The van der Waals surface area contributed by atoms with Crippen LogP contribution in [0.5, 0.6) is 0 Å². The van der Waals surface area contributed by atoms with Gasteiger partial charge in [0, 0.05) is 19.1 Å². The van der Waals surface area contributed by atoms with Crippen molar-refractivity contribution in [2.24, 2.45) is 0 Å². The second kappa shape index (κ2) is 7.96. The van der Waals surface area contributed by atoms with Crippen LogP contribution in [0.15, 0.2) is 0 Å². The molecule has 0 bridgehead atoms. The normalized spacial score (nSPS) is 25.1. The molecule has 0 aliphatic carbocycles. The zero-order valence-electron chi connectivity index (χ0n) is 13.5. The maximum atomic E-state index is 11.6. The molecule has 20 heavy (non-hydrogen) atoms. The van der Waals surface area contributed by atoms with Crippen LogP contribution in [0, 0.1) is 0 Å². The van der Waals surface area contributed by atoms with Gasteiger partial charge < -0.3 is 15.3 Å². The Hall–Kier alpha value is -0.650. The van der Waals surface area contributed by atoms with E-state index in [-0.39, 0.29) is 0 Å². The summed E-state index contributed by atoms with van der Waals surface area (Å²) < 4.78 is 0. The maximum Gasteiger partial charge on any atom is 0.324 e. The molecule has 0 radical (unpaired) electrons. The number of carboxylic acid groups (broad SMARTS) is 1. The number of carbonyl (C=O) groups is 1. The van der Waals surface area contributed by atoms with Gasteiger partial charge in [-0.15, -0.1) is 0 Å². The lowest BCUT2D eigenvalue weighted by Crippen LogP contribution is -2.59. The molecule has 2 unspecified atom stereocenters. The highest BCUT2D eigenvalue weighted by molar-refractivity contribution is 5.78. The Morgan fingerprint density at radius 1 is 1.40 bits per heavy atom. The van der Waals surface area contributed by atoms with Crippen molar-refractivity contribution in [1.82, 2.24) is 15.1 Å². The van der Waals surface area contributed by atoms with E-state index in [0.29, 0.717) is 12.6 Å². The average molecular weight is 285 g/mol. The van der Waals surface area contributed by atoms with Gasteiger partial charge >= 0.3 is 5.97 Å². The number of hydrogen-bond acceptors (Lipinski definition) is 4. The van der Waals surface area contributed by atoms with Crippen molar-refractivity contribution in [2.45, 2.75) is 51.6 Å². The third-order valence-corrected chi connectivity index (χ3v) is 4.25. The molecule has 5 nitrogen and oxygen atoms in total. The molecule has 118 valence electrons. The first-order valence-electron chi connectivity index (χ1n) is 7.84. The quantitative estimate of drug-likeness (QED) is 0.737. The summed E-state index contributed by atoms with van der Waals surface area (Å²) in [5, 5.41) is 12.8. The lowest BCUT2D eigenvalue weighted by Gasteiger charge is -2.37. The predicted molar refractivity (Wildman–Crippen MR) is 82.1 cm³/mol. The molecule has 1 rings (SSSR count). The lowest BCUT2D eigenvalue weighted by molar-refractivity contribution is -0.145. The van der Waals surface area contributed by atoms with Gasteiger partial charge in [0.05, 0.1) is 0 Å². The standard InChI is InChI=1S/C15H31N3O2/c1-5-8-16-15(3,14(19)20)12-18-10-7-9-17(4)11-13(18)6-2/h13,16H,5-12H2,1-4H3,(H,19,20). The van der Waals surface area contributed by atoms with E-state index in [1.807, 2.05) is 6.92 Å². The molecule has 2 atom stereocenters. The summed E-state index contributed by atoms with van der Waals surface area (Å²) in [4.78, 5) is 16.4. The van der Waals surface area contributed by atoms with Gasteiger partial charge in [0.1, 0.15) is 5.54 Å². The minimum absolute atomic E-state index is 0.449. The highest BCUT2D eigenvalue weighted by Gasteiger charge is 2.36. The number of aliphatic carboxylic acids is 1. The fraction of sp³-hybridized carbons (Fsp3) is 0.933. The zero-order valence-corrected chi connectivity index (χ0v) is 13.5. The van der Waals surface area contributed by atoms with Crippen molar-refractivity contribution in [2.75, 3.05) is 39.8 Å². The molecule has 0 spiro atoms. The van der Waals surface area contributed by atoms with Gasteiger partial charge in [-0.1, -0.05) is 13.8 Å². The third-order valence-electron chi connectivity index (χ3n) is 4.25. The molecular weight excluding hydrogens is 254 g/mol. The van der Waals surface area contributed by atoms with Gasteiger partial charge in [0.25, 0.3) is 0 Å². The lowest BCUT2D eigenvalue weighted by atomic mass is 9.99. The van der Waals surface area contributed by atoms with Crippen LogP contribution in [0.1, 0.15) is 40.0 Å². The van der Waals surface area contributed by atoms with E-state index in [1.165, 1.54) is 0 Å². The molecule has 0 amide bonds. The Labute approximate surface area is 123 Å². The molecule has 5 heteroatoms. The molecule has 1 saturated heterocycles. The van der Waals surface area contributed by atoms with E-state index in [0.717, 1.165) is 45.4 Å². The minimum atomic E-state index is -0.855. The zero-order chi connectivity index (χ0) is 15.2. The van der Waals surface area contributed by atoms with E-state index in [2.05, 4.69) is 36.0 Å². The van der Waals surface area contributed by atoms with E-state index in [1.54, 1.807) is 0 Å². The molecule has 0 aromatic carbocycles. The number of hydrogen-bond donors (Lipinski definition) is 2. The summed E-state index contributed by atoms with van der Waals surface area (Å²) >= 11 is 0. The van der Waals surface area contributed by atoms with Crippen LogP contribution in [-0.4, -0.2) is 72.2 Å². The average Bonchev–Trinajstić information content (AvgIpc) is 2.58. The maximum absolute atomic E-state index is 11.6. The highest BCUT2D eigenvalue weighted by atomic mass is 16.4. The Kier molecular flexibility index (Phi) is 6.92. The molecule has 0 saturated carbocycles. The number of nitrogens with one attached hydrogen (secondary N) is 1. The molecule has 1 fully saturated rings. The summed E-state index contributed by atoms with van der Waals surface area (Å²) in [6, 6.07) is 0.449. The van der Waals surface area contributed by atoms with Gasteiger partial charge in [0.2, 0.25) is 0 Å². The van der Waals surface area contributed by atoms with Crippen molar-refractivity contribution in [3.63, 3.8) is 0 Å². The summed E-state index contributed by atoms with van der Waals surface area (Å²) in [5.74, 6) is -0.751. The monoisotopic (exact) mass is 285 g/mol. The molecule has 1 aliphatic rings. The van der Waals surface area contributed by atoms with Crippen LogP contribution in [0.25, 0.3) is 0 Å². The molecule has 1 heterocycles. The van der Waals surface area contributed by atoms with Crippen LogP contribution in [0.4, 0.5) is 0 Å². The Bertz CT molecular complexity index is 311.